The van der Waals surface area contributed by atoms with E-state index in [-0.39, 0.29) is 28.7 Å². The van der Waals surface area contributed by atoms with Crippen molar-refractivity contribution in [2.75, 3.05) is 6.54 Å². The normalized spacial score (nSPS) is 11.0. The van der Waals surface area contributed by atoms with E-state index in [9.17, 15) is 14.4 Å². The van der Waals surface area contributed by atoms with Crippen LogP contribution in [0.2, 0.25) is 0 Å². The van der Waals surface area contributed by atoms with Gasteiger partial charge in [0.15, 0.2) is 0 Å². The zero-order valence-corrected chi connectivity index (χ0v) is 15.8. The number of hydrogen-bond acceptors (Lipinski definition) is 4. The summed E-state index contributed by atoms with van der Waals surface area (Å²) in [6.45, 7) is 6.92. The second-order valence-corrected chi connectivity index (χ2v) is 8.24. The van der Waals surface area contributed by atoms with E-state index in [0.717, 1.165) is 16.2 Å². The maximum Gasteiger partial charge on any atom is 0.345 e. The van der Waals surface area contributed by atoms with Gasteiger partial charge in [0.2, 0.25) is 0 Å². The highest BCUT2D eigenvalue weighted by Gasteiger charge is 2.14. The largest absolute Gasteiger partial charge is 0.477 e. The number of carboxylic acid groups (broad SMARTS) is 1. The average molecular weight is 374 g/mol. The number of nitrogens with one attached hydrogen (secondary N) is 2. The van der Waals surface area contributed by atoms with Gasteiger partial charge in [-0.1, -0.05) is 20.8 Å². The van der Waals surface area contributed by atoms with Crippen LogP contribution < -0.4 is 10.6 Å². The molecule has 0 aliphatic heterocycles. The van der Waals surface area contributed by atoms with E-state index in [1.807, 2.05) is 20.8 Å². The van der Waals surface area contributed by atoms with Gasteiger partial charge in [-0.05, 0) is 41.8 Å². The molecule has 0 atom stereocenters. The van der Waals surface area contributed by atoms with Gasteiger partial charge >= 0.3 is 5.97 Å². The summed E-state index contributed by atoms with van der Waals surface area (Å²) in [4.78, 5) is 36.1. The number of thiophene rings is 1. The lowest BCUT2D eigenvalue weighted by molar-refractivity contribution is 0.0701. The van der Waals surface area contributed by atoms with Crippen molar-refractivity contribution < 1.29 is 19.5 Å². The molecule has 6 nitrogen and oxygen atoms in total. The van der Waals surface area contributed by atoms with Gasteiger partial charge in [-0.25, -0.2) is 4.79 Å². The molecule has 2 rings (SSSR count). The summed E-state index contributed by atoms with van der Waals surface area (Å²) in [5.74, 6) is -1.43. The second-order valence-electron chi connectivity index (χ2n) is 7.07. The first-order chi connectivity index (χ1) is 12.2. The monoisotopic (exact) mass is 374 g/mol. The van der Waals surface area contributed by atoms with Gasteiger partial charge in [0.1, 0.15) is 4.88 Å². The van der Waals surface area contributed by atoms with Crippen LogP contribution in [-0.2, 0) is 6.54 Å². The molecule has 2 aromatic rings. The first-order valence-electron chi connectivity index (χ1n) is 8.14. The van der Waals surface area contributed by atoms with Gasteiger partial charge in [0, 0.05) is 22.5 Å². The molecule has 2 amide bonds. The fraction of sp³-hybridized carbons (Fsp3) is 0.316. The van der Waals surface area contributed by atoms with Gasteiger partial charge in [-0.15, -0.1) is 11.3 Å². The molecule has 26 heavy (non-hydrogen) atoms. The Balaban J connectivity index is 1.91. The SMILES string of the molecule is CC(C)(C)CNC(=O)c1ccc(C(=O)NCc2ccc(C(=O)O)s2)cc1. The van der Waals surface area contributed by atoms with Crippen molar-refractivity contribution in [1.82, 2.24) is 10.6 Å². The molecule has 0 radical (unpaired) electrons. The molecule has 0 aliphatic carbocycles. The number of carbonyl (C=O) groups excluding carboxylic acids is 2. The third kappa shape index (κ3) is 5.70. The van der Waals surface area contributed by atoms with E-state index in [1.165, 1.54) is 6.07 Å². The van der Waals surface area contributed by atoms with Crippen molar-refractivity contribution in [3.63, 3.8) is 0 Å². The van der Waals surface area contributed by atoms with E-state index >= 15 is 0 Å². The number of benzene rings is 1. The number of carbonyl (C=O) groups is 3. The van der Waals surface area contributed by atoms with Crippen molar-refractivity contribution in [1.29, 1.82) is 0 Å². The van der Waals surface area contributed by atoms with Crippen molar-refractivity contribution in [2.24, 2.45) is 5.41 Å². The number of carboxylic acids is 1. The van der Waals surface area contributed by atoms with Crippen LogP contribution in [-0.4, -0.2) is 29.4 Å². The van der Waals surface area contributed by atoms with E-state index in [1.54, 1.807) is 30.3 Å². The van der Waals surface area contributed by atoms with Crippen LogP contribution in [0.4, 0.5) is 0 Å². The molecule has 1 aromatic carbocycles. The minimum Gasteiger partial charge on any atom is -0.477 e. The summed E-state index contributed by atoms with van der Waals surface area (Å²) in [5.41, 5.74) is 0.931. The summed E-state index contributed by atoms with van der Waals surface area (Å²) in [5, 5.41) is 14.5. The van der Waals surface area contributed by atoms with Crippen molar-refractivity contribution in [3.8, 4) is 0 Å². The fourth-order valence-electron chi connectivity index (χ4n) is 2.08. The Morgan fingerprint density at radius 2 is 1.46 bits per heavy atom. The second kappa shape index (κ2) is 8.14. The van der Waals surface area contributed by atoms with Crippen LogP contribution in [0.15, 0.2) is 36.4 Å². The zero-order chi connectivity index (χ0) is 19.3. The van der Waals surface area contributed by atoms with E-state index in [0.29, 0.717) is 17.7 Å². The maximum absolute atomic E-state index is 12.2. The first kappa shape index (κ1) is 19.7. The lowest BCUT2D eigenvalue weighted by Crippen LogP contribution is -2.32. The predicted molar refractivity (Wildman–Crippen MR) is 101 cm³/mol. The van der Waals surface area contributed by atoms with Crippen LogP contribution in [0.5, 0.6) is 0 Å². The molecule has 0 saturated carbocycles. The molecule has 1 heterocycles. The molecule has 0 saturated heterocycles. The Morgan fingerprint density at radius 3 is 1.92 bits per heavy atom. The Labute approximate surface area is 156 Å². The molecule has 0 bridgehead atoms. The highest BCUT2D eigenvalue weighted by Crippen LogP contribution is 2.16. The predicted octanol–water partition coefficient (Wildman–Crippen LogP) is 3.15. The smallest absolute Gasteiger partial charge is 0.345 e. The molecule has 0 fully saturated rings. The molecular formula is C19H22N2O4S. The highest BCUT2D eigenvalue weighted by molar-refractivity contribution is 7.13. The first-order valence-corrected chi connectivity index (χ1v) is 8.96. The molecule has 0 aliphatic rings. The molecule has 0 unspecified atom stereocenters. The van der Waals surface area contributed by atoms with Crippen LogP contribution in [0, 0.1) is 5.41 Å². The van der Waals surface area contributed by atoms with E-state index < -0.39 is 5.97 Å². The summed E-state index contributed by atoms with van der Waals surface area (Å²) in [7, 11) is 0. The summed E-state index contributed by atoms with van der Waals surface area (Å²) < 4.78 is 0. The van der Waals surface area contributed by atoms with Crippen molar-refractivity contribution >= 4 is 29.1 Å². The third-order valence-electron chi connectivity index (χ3n) is 3.48. The zero-order valence-electron chi connectivity index (χ0n) is 15.0. The van der Waals surface area contributed by atoms with E-state index in [4.69, 9.17) is 5.11 Å². The Hall–Kier alpha value is -2.67. The number of hydrogen-bond donors (Lipinski definition) is 3. The molecule has 3 N–H and O–H groups in total. The summed E-state index contributed by atoms with van der Waals surface area (Å²) >= 11 is 1.12. The Bertz CT molecular complexity index is 804. The quantitative estimate of drug-likeness (QED) is 0.724. The van der Waals surface area contributed by atoms with Gasteiger partial charge < -0.3 is 15.7 Å². The topological polar surface area (TPSA) is 95.5 Å². The Kier molecular flexibility index (Phi) is 6.15. The number of rotatable bonds is 6. The van der Waals surface area contributed by atoms with Gasteiger partial charge in [-0.3, -0.25) is 9.59 Å². The summed E-state index contributed by atoms with van der Waals surface area (Å²) in [6.07, 6.45) is 0. The fourth-order valence-corrected chi connectivity index (χ4v) is 2.86. The van der Waals surface area contributed by atoms with Gasteiger partial charge in [0.25, 0.3) is 11.8 Å². The molecule has 0 spiro atoms. The minimum atomic E-state index is -0.979. The highest BCUT2D eigenvalue weighted by atomic mass is 32.1. The van der Waals surface area contributed by atoms with Crippen LogP contribution in [0.25, 0.3) is 0 Å². The summed E-state index contributed by atoms with van der Waals surface area (Å²) in [6, 6.07) is 9.61. The maximum atomic E-state index is 12.2. The van der Waals surface area contributed by atoms with Crippen molar-refractivity contribution in [2.45, 2.75) is 27.3 Å². The van der Waals surface area contributed by atoms with Crippen LogP contribution in [0.1, 0.15) is 56.0 Å². The van der Waals surface area contributed by atoms with Crippen molar-refractivity contribution in [3.05, 3.63) is 57.3 Å². The average Bonchev–Trinajstić information content (AvgIpc) is 3.06. The van der Waals surface area contributed by atoms with Crippen LogP contribution in [0.3, 0.4) is 0 Å². The van der Waals surface area contributed by atoms with Gasteiger partial charge in [0.05, 0.1) is 6.54 Å². The van der Waals surface area contributed by atoms with Crippen LogP contribution >= 0.6 is 11.3 Å². The molecule has 138 valence electrons. The minimum absolute atomic E-state index is 0.00220. The lowest BCUT2D eigenvalue weighted by Gasteiger charge is -2.18. The van der Waals surface area contributed by atoms with Gasteiger partial charge in [-0.2, -0.15) is 0 Å². The molecule has 7 heteroatoms. The lowest BCUT2D eigenvalue weighted by atomic mass is 9.97. The molecular weight excluding hydrogens is 352 g/mol. The number of amides is 2. The van der Waals surface area contributed by atoms with E-state index in [2.05, 4.69) is 10.6 Å². The Morgan fingerprint density at radius 1 is 0.923 bits per heavy atom. The third-order valence-corrected chi connectivity index (χ3v) is 4.56. The number of aromatic carboxylic acids is 1. The molecule has 1 aromatic heterocycles. The standard InChI is InChI=1S/C19H22N2O4S/c1-19(2,3)11-21-17(23)13-6-4-12(5-7-13)16(22)20-10-14-8-9-15(26-14)18(24)25/h4-9H,10-11H2,1-3H3,(H,20,22)(H,21,23)(H,24,25).